The standard InChI is InChI=1S/C14H15BO/c15-14(12-6-2-1-3-7-12)13-8-4-5-11(9-13)10-16/h1-9,14,16H,10,15H2. The molecule has 0 heterocycles. The van der Waals surface area contributed by atoms with Crippen molar-refractivity contribution in [3.05, 3.63) is 71.3 Å². The van der Waals surface area contributed by atoms with Gasteiger partial charge in [0.15, 0.2) is 0 Å². The highest BCUT2D eigenvalue weighted by atomic mass is 16.3. The van der Waals surface area contributed by atoms with Crippen molar-refractivity contribution in [2.75, 3.05) is 0 Å². The molecule has 0 aromatic heterocycles. The molecule has 0 bridgehead atoms. The minimum Gasteiger partial charge on any atom is -0.392 e. The Bertz CT molecular complexity index is 453. The van der Waals surface area contributed by atoms with Crippen LogP contribution in [0.25, 0.3) is 0 Å². The smallest absolute Gasteiger partial charge is 0.116 e. The fourth-order valence-electron chi connectivity index (χ4n) is 1.89. The van der Waals surface area contributed by atoms with Crippen molar-refractivity contribution < 1.29 is 5.11 Å². The van der Waals surface area contributed by atoms with E-state index in [1.165, 1.54) is 11.1 Å². The van der Waals surface area contributed by atoms with Crippen LogP contribution in [0.3, 0.4) is 0 Å². The van der Waals surface area contributed by atoms with Gasteiger partial charge in [-0.15, -0.1) is 0 Å². The lowest BCUT2D eigenvalue weighted by Gasteiger charge is -2.13. The van der Waals surface area contributed by atoms with Crippen molar-refractivity contribution in [1.82, 2.24) is 0 Å². The second-order valence-electron chi connectivity index (χ2n) is 4.04. The fraction of sp³-hybridized carbons (Fsp3) is 0.143. The zero-order valence-electron chi connectivity index (χ0n) is 9.43. The van der Waals surface area contributed by atoms with Crippen LogP contribution in [0, 0.1) is 0 Å². The summed E-state index contributed by atoms with van der Waals surface area (Å²) < 4.78 is 0. The minimum absolute atomic E-state index is 0.106. The van der Waals surface area contributed by atoms with Gasteiger partial charge in [0.2, 0.25) is 0 Å². The van der Waals surface area contributed by atoms with Crippen LogP contribution in [-0.4, -0.2) is 13.0 Å². The van der Waals surface area contributed by atoms with Gasteiger partial charge in [-0.1, -0.05) is 54.6 Å². The molecule has 0 spiro atoms. The molecule has 1 atom stereocenters. The summed E-state index contributed by atoms with van der Waals surface area (Å²) in [6, 6.07) is 18.5. The Kier molecular flexibility index (Phi) is 3.42. The lowest BCUT2D eigenvalue weighted by molar-refractivity contribution is 0.281. The van der Waals surface area contributed by atoms with Gasteiger partial charge in [0.25, 0.3) is 0 Å². The minimum atomic E-state index is 0.106. The van der Waals surface area contributed by atoms with Crippen LogP contribution in [0.4, 0.5) is 0 Å². The first-order chi connectivity index (χ1) is 7.81. The third kappa shape index (κ3) is 2.34. The van der Waals surface area contributed by atoms with Gasteiger partial charge in [-0.05, 0) is 22.5 Å². The van der Waals surface area contributed by atoms with Gasteiger partial charge in [-0.25, -0.2) is 0 Å². The molecule has 0 aliphatic carbocycles. The molecule has 0 aliphatic rings. The summed E-state index contributed by atoms with van der Waals surface area (Å²) >= 11 is 0. The Balaban J connectivity index is 2.30. The molecule has 2 aromatic carbocycles. The lowest BCUT2D eigenvalue weighted by Crippen LogP contribution is -2.00. The molecule has 2 heteroatoms. The summed E-state index contributed by atoms with van der Waals surface area (Å²) in [5, 5.41) is 9.11. The average Bonchev–Trinajstić information content (AvgIpc) is 2.39. The van der Waals surface area contributed by atoms with Crippen LogP contribution in [0.1, 0.15) is 22.5 Å². The maximum Gasteiger partial charge on any atom is 0.116 e. The molecule has 2 aromatic rings. The van der Waals surface area contributed by atoms with Crippen LogP contribution in [0.15, 0.2) is 54.6 Å². The van der Waals surface area contributed by atoms with Crippen LogP contribution < -0.4 is 0 Å². The number of hydrogen-bond donors (Lipinski definition) is 1. The van der Waals surface area contributed by atoms with Gasteiger partial charge in [0, 0.05) is 0 Å². The highest BCUT2D eigenvalue weighted by Crippen LogP contribution is 2.21. The van der Waals surface area contributed by atoms with Crippen LogP contribution in [-0.2, 0) is 6.61 Å². The van der Waals surface area contributed by atoms with E-state index in [9.17, 15) is 0 Å². The molecule has 0 saturated heterocycles. The van der Waals surface area contributed by atoms with E-state index < -0.39 is 0 Å². The number of hydrogen-bond acceptors (Lipinski definition) is 1. The van der Waals surface area contributed by atoms with Gasteiger partial charge in [0.1, 0.15) is 7.85 Å². The molecule has 0 radical (unpaired) electrons. The van der Waals surface area contributed by atoms with E-state index in [4.69, 9.17) is 5.11 Å². The fourth-order valence-corrected chi connectivity index (χ4v) is 1.89. The first-order valence-electron chi connectivity index (χ1n) is 5.56. The van der Waals surface area contributed by atoms with Gasteiger partial charge >= 0.3 is 0 Å². The van der Waals surface area contributed by atoms with E-state index in [1.54, 1.807) is 0 Å². The zero-order valence-corrected chi connectivity index (χ0v) is 9.43. The molecular weight excluding hydrogens is 195 g/mol. The molecule has 1 unspecified atom stereocenters. The first kappa shape index (κ1) is 11.0. The Morgan fingerprint density at radius 3 is 2.31 bits per heavy atom. The summed E-state index contributed by atoms with van der Waals surface area (Å²) in [7, 11) is 2.19. The van der Waals surface area contributed by atoms with Crippen molar-refractivity contribution >= 4 is 7.85 Å². The highest BCUT2D eigenvalue weighted by Gasteiger charge is 2.07. The monoisotopic (exact) mass is 210 g/mol. The van der Waals surface area contributed by atoms with E-state index >= 15 is 0 Å². The van der Waals surface area contributed by atoms with Crippen LogP contribution in [0.5, 0.6) is 0 Å². The van der Waals surface area contributed by atoms with Crippen molar-refractivity contribution in [1.29, 1.82) is 0 Å². The first-order valence-corrected chi connectivity index (χ1v) is 5.56. The zero-order chi connectivity index (χ0) is 11.4. The summed E-state index contributed by atoms with van der Waals surface area (Å²) in [5.41, 5.74) is 3.52. The number of benzene rings is 2. The number of rotatable bonds is 3. The molecule has 0 amide bonds. The van der Waals surface area contributed by atoms with Crippen LogP contribution in [0.2, 0.25) is 0 Å². The molecule has 1 N–H and O–H groups in total. The predicted molar refractivity (Wildman–Crippen MR) is 69.2 cm³/mol. The molecule has 0 aliphatic heterocycles. The molecular formula is C14H15BO. The van der Waals surface area contributed by atoms with Gasteiger partial charge in [-0.2, -0.15) is 0 Å². The Labute approximate surface area is 97.2 Å². The summed E-state index contributed by atoms with van der Waals surface area (Å²) in [6.07, 6.45) is 0. The van der Waals surface area contributed by atoms with E-state index in [0.29, 0.717) is 5.82 Å². The SMILES string of the molecule is BC(c1ccccc1)c1cccc(CO)c1. The maximum absolute atomic E-state index is 9.11. The largest absolute Gasteiger partial charge is 0.392 e. The third-order valence-electron chi connectivity index (χ3n) is 2.93. The van der Waals surface area contributed by atoms with Gasteiger partial charge < -0.3 is 5.11 Å². The number of aliphatic hydroxyl groups is 1. The summed E-state index contributed by atoms with van der Waals surface area (Å²) in [5.74, 6) is 0.368. The van der Waals surface area contributed by atoms with Crippen molar-refractivity contribution in [2.24, 2.45) is 0 Å². The van der Waals surface area contributed by atoms with Crippen molar-refractivity contribution in [3.63, 3.8) is 0 Å². The summed E-state index contributed by atoms with van der Waals surface area (Å²) in [4.78, 5) is 0. The van der Waals surface area contributed by atoms with Crippen molar-refractivity contribution in [2.45, 2.75) is 12.4 Å². The molecule has 2 rings (SSSR count). The molecule has 1 nitrogen and oxygen atoms in total. The highest BCUT2D eigenvalue weighted by molar-refractivity contribution is 6.14. The Morgan fingerprint density at radius 1 is 0.938 bits per heavy atom. The lowest BCUT2D eigenvalue weighted by atomic mass is 9.75. The molecule has 0 saturated carbocycles. The van der Waals surface area contributed by atoms with E-state index in [1.807, 2.05) is 18.2 Å². The normalized spacial score (nSPS) is 12.3. The van der Waals surface area contributed by atoms with Gasteiger partial charge in [0.05, 0.1) is 6.61 Å². The van der Waals surface area contributed by atoms with E-state index in [-0.39, 0.29) is 6.61 Å². The van der Waals surface area contributed by atoms with E-state index in [2.05, 4.69) is 44.2 Å². The topological polar surface area (TPSA) is 20.2 Å². The van der Waals surface area contributed by atoms with Gasteiger partial charge in [-0.3, -0.25) is 0 Å². The molecule has 16 heavy (non-hydrogen) atoms. The summed E-state index contributed by atoms with van der Waals surface area (Å²) in [6.45, 7) is 0.106. The molecule has 80 valence electrons. The Hall–Kier alpha value is -1.54. The second kappa shape index (κ2) is 5.00. The maximum atomic E-state index is 9.11. The quantitative estimate of drug-likeness (QED) is 0.767. The second-order valence-corrected chi connectivity index (χ2v) is 4.04. The van der Waals surface area contributed by atoms with Crippen LogP contribution >= 0.6 is 0 Å². The third-order valence-corrected chi connectivity index (χ3v) is 2.93. The van der Waals surface area contributed by atoms with Crippen molar-refractivity contribution in [3.8, 4) is 0 Å². The predicted octanol–water partition coefficient (Wildman–Crippen LogP) is 1.90. The van der Waals surface area contributed by atoms with E-state index in [0.717, 1.165) is 5.56 Å². The Morgan fingerprint density at radius 2 is 1.62 bits per heavy atom. The molecule has 0 fully saturated rings. The average molecular weight is 210 g/mol. The number of aliphatic hydroxyl groups excluding tert-OH is 1.